The molecule has 5 rings (SSSR count). The molecule has 0 radical (unpaired) electrons. The molecule has 0 bridgehead atoms. The van der Waals surface area contributed by atoms with E-state index >= 15 is 0 Å². The Morgan fingerprint density at radius 1 is 1.23 bits per heavy atom. The Morgan fingerprint density at radius 3 is 2.90 bits per heavy atom. The molecule has 2 N–H and O–H groups in total. The summed E-state index contributed by atoms with van der Waals surface area (Å²) < 4.78 is 21.0. The van der Waals surface area contributed by atoms with Crippen molar-refractivity contribution in [3.8, 4) is 17.1 Å². The number of nitrogens with zero attached hydrogens (tertiary/aromatic N) is 2. The molecule has 2 aromatic carbocycles. The number of para-hydroxylation sites is 1. The highest BCUT2D eigenvalue weighted by Gasteiger charge is 2.23. The van der Waals surface area contributed by atoms with Gasteiger partial charge in [0.2, 0.25) is 0 Å². The monoisotopic (exact) mass is 404 g/mol. The van der Waals surface area contributed by atoms with Crippen LogP contribution in [-0.4, -0.2) is 21.6 Å². The number of fused-ring (bicyclic) bond motifs is 2. The first kappa shape index (κ1) is 18.6. The van der Waals surface area contributed by atoms with E-state index < -0.39 is 0 Å². The van der Waals surface area contributed by atoms with Crippen LogP contribution in [0, 0.1) is 12.7 Å². The molecule has 0 saturated carbocycles. The van der Waals surface area contributed by atoms with Crippen LogP contribution in [0.4, 0.5) is 4.39 Å². The molecule has 0 aliphatic carbocycles. The lowest BCUT2D eigenvalue weighted by atomic mass is 10.0. The molecule has 1 aliphatic heterocycles. The topological polar surface area (TPSA) is 71.9 Å². The first-order valence-corrected chi connectivity index (χ1v) is 9.80. The molecule has 7 heteroatoms. The second-order valence-electron chi connectivity index (χ2n) is 7.52. The van der Waals surface area contributed by atoms with Crippen molar-refractivity contribution in [2.75, 3.05) is 7.11 Å². The van der Waals surface area contributed by atoms with Gasteiger partial charge in [0, 0.05) is 29.2 Å². The van der Waals surface area contributed by atoms with Crippen molar-refractivity contribution in [3.05, 3.63) is 81.7 Å². The average Bonchev–Trinajstić information content (AvgIpc) is 3.19. The Balaban J connectivity index is 1.51. The number of rotatable bonds is 3. The maximum atomic E-state index is 13.8. The molecule has 0 saturated heterocycles. The van der Waals surface area contributed by atoms with Gasteiger partial charge in [0.25, 0.3) is 0 Å². The second-order valence-corrected chi connectivity index (χ2v) is 7.52. The van der Waals surface area contributed by atoms with Crippen LogP contribution in [0.3, 0.4) is 0 Å². The number of hydrogen-bond acceptors (Lipinski definition) is 4. The highest BCUT2D eigenvalue weighted by Crippen LogP contribution is 2.28. The zero-order valence-corrected chi connectivity index (χ0v) is 16.7. The summed E-state index contributed by atoms with van der Waals surface area (Å²) in [5.41, 5.74) is 3.88. The number of aromatic amines is 1. The Hall–Kier alpha value is -3.45. The Bertz CT molecular complexity index is 1320. The number of halogens is 1. The van der Waals surface area contributed by atoms with E-state index in [2.05, 4.69) is 14.9 Å². The van der Waals surface area contributed by atoms with Crippen molar-refractivity contribution in [1.29, 1.82) is 0 Å². The molecule has 1 unspecified atom stereocenters. The van der Waals surface area contributed by atoms with Crippen molar-refractivity contribution in [2.45, 2.75) is 26.1 Å². The van der Waals surface area contributed by atoms with Gasteiger partial charge in [0.1, 0.15) is 11.5 Å². The lowest BCUT2D eigenvalue weighted by Crippen LogP contribution is -2.32. The lowest BCUT2D eigenvalue weighted by molar-refractivity contribution is 0.376. The number of imidazole rings is 1. The first-order valence-electron chi connectivity index (χ1n) is 9.80. The molecule has 1 atom stereocenters. The summed E-state index contributed by atoms with van der Waals surface area (Å²) >= 11 is 0. The standard InChI is InChI=1S/C23H21FN4O2/c1-13-22(27-17-6-4-3-5-15(17)23(13)29)19-12-28-11-18(25-10-21(28)26-19)14-7-8-16(24)20(9-14)30-2/h3-9,12,18,25H,10-11H2,1-2H3,(H,27,29). The lowest BCUT2D eigenvalue weighted by Gasteiger charge is -2.25. The maximum absolute atomic E-state index is 13.8. The quantitative estimate of drug-likeness (QED) is 0.546. The second kappa shape index (κ2) is 7.11. The van der Waals surface area contributed by atoms with E-state index in [1.807, 2.05) is 37.4 Å². The molecule has 4 aromatic rings. The van der Waals surface area contributed by atoms with Crippen LogP contribution in [0.1, 0.15) is 23.0 Å². The third-order valence-electron chi connectivity index (χ3n) is 5.73. The fraction of sp³-hybridized carbons (Fsp3) is 0.217. The number of hydrogen-bond donors (Lipinski definition) is 2. The molecular weight excluding hydrogens is 383 g/mol. The Kier molecular flexibility index (Phi) is 4.40. The summed E-state index contributed by atoms with van der Waals surface area (Å²) in [4.78, 5) is 20.9. The summed E-state index contributed by atoms with van der Waals surface area (Å²) in [6, 6.07) is 12.4. The van der Waals surface area contributed by atoms with Crippen LogP contribution in [-0.2, 0) is 13.1 Å². The van der Waals surface area contributed by atoms with Gasteiger partial charge in [-0.25, -0.2) is 9.37 Å². The third kappa shape index (κ3) is 2.98. The predicted molar refractivity (Wildman–Crippen MR) is 113 cm³/mol. The zero-order chi connectivity index (χ0) is 20.8. The van der Waals surface area contributed by atoms with Gasteiger partial charge in [-0.1, -0.05) is 18.2 Å². The molecule has 30 heavy (non-hydrogen) atoms. The first-order chi connectivity index (χ1) is 14.5. The average molecular weight is 404 g/mol. The number of benzene rings is 2. The summed E-state index contributed by atoms with van der Waals surface area (Å²) in [5, 5.41) is 4.13. The number of methoxy groups -OCH3 is 1. The van der Waals surface area contributed by atoms with Crippen LogP contribution in [0.15, 0.2) is 53.5 Å². The molecular formula is C23H21FN4O2. The molecule has 0 spiro atoms. The van der Waals surface area contributed by atoms with E-state index in [1.54, 1.807) is 12.1 Å². The van der Waals surface area contributed by atoms with Gasteiger partial charge >= 0.3 is 0 Å². The molecule has 3 heterocycles. The normalized spacial score (nSPS) is 15.9. The smallest absolute Gasteiger partial charge is 0.192 e. The van der Waals surface area contributed by atoms with E-state index in [1.165, 1.54) is 13.2 Å². The summed E-state index contributed by atoms with van der Waals surface area (Å²) in [6.07, 6.45) is 1.97. The number of nitrogens with one attached hydrogen (secondary N) is 2. The van der Waals surface area contributed by atoms with E-state index in [9.17, 15) is 9.18 Å². The highest BCUT2D eigenvalue weighted by atomic mass is 19.1. The molecule has 152 valence electrons. The fourth-order valence-corrected chi connectivity index (χ4v) is 4.06. The number of pyridine rings is 1. The minimum absolute atomic E-state index is 0.00537. The molecule has 2 aromatic heterocycles. The summed E-state index contributed by atoms with van der Waals surface area (Å²) in [5.74, 6) is 0.748. The van der Waals surface area contributed by atoms with Crippen LogP contribution < -0.4 is 15.5 Å². The van der Waals surface area contributed by atoms with Gasteiger partial charge in [0.05, 0.1) is 25.4 Å². The van der Waals surface area contributed by atoms with E-state index in [0.717, 1.165) is 28.3 Å². The zero-order valence-electron chi connectivity index (χ0n) is 16.7. The van der Waals surface area contributed by atoms with Crippen LogP contribution in [0.25, 0.3) is 22.3 Å². The molecule has 0 amide bonds. The van der Waals surface area contributed by atoms with Gasteiger partial charge in [-0.2, -0.15) is 0 Å². The van der Waals surface area contributed by atoms with E-state index in [-0.39, 0.29) is 23.0 Å². The minimum atomic E-state index is -0.376. The van der Waals surface area contributed by atoms with Gasteiger partial charge in [0.15, 0.2) is 17.0 Å². The molecule has 6 nitrogen and oxygen atoms in total. The van der Waals surface area contributed by atoms with Crippen molar-refractivity contribution in [2.24, 2.45) is 0 Å². The number of H-pyrrole nitrogens is 1. The van der Waals surface area contributed by atoms with Gasteiger partial charge in [-0.05, 0) is 36.8 Å². The van der Waals surface area contributed by atoms with Crippen molar-refractivity contribution in [1.82, 2.24) is 19.9 Å². The predicted octanol–water partition coefficient (Wildman–Crippen LogP) is 3.69. The van der Waals surface area contributed by atoms with E-state index in [4.69, 9.17) is 9.72 Å². The van der Waals surface area contributed by atoms with Crippen LogP contribution in [0.2, 0.25) is 0 Å². The van der Waals surface area contributed by atoms with Gasteiger partial charge < -0.3 is 19.6 Å². The van der Waals surface area contributed by atoms with Crippen molar-refractivity contribution < 1.29 is 9.13 Å². The van der Waals surface area contributed by atoms with Crippen molar-refractivity contribution in [3.63, 3.8) is 0 Å². The number of aromatic nitrogens is 3. The highest BCUT2D eigenvalue weighted by molar-refractivity contribution is 5.82. The molecule has 1 aliphatic rings. The Labute approximate surface area is 172 Å². The summed E-state index contributed by atoms with van der Waals surface area (Å²) in [6.45, 7) is 3.04. The fourth-order valence-electron chi connectivity index (χ4n) is 4.06. The number of ether oxygens (including phenoxy) is 1. The minimum Gasteiger partial charge on any atom is -0.494 e. The Morgan fingerprint density at radius 2 is 2.07 bits per heavy atom. The largest absolute Gasteiger partial charge is 0.494 e. The van der Waals surface area contributed by atoms with Crippen LogP contribution in [0.5, 0.6) is 5.75 Å². The maximum Gasteiger partial charge on any atom is 0.192 e. The van der Waals surface area contributed by atoms with E-state index in [0.29, 0.717) is 24.0 Å². The third-order valence-corrected chi connectivity index (χ3v) is 5.73. The van der Waals surface area contributed by atoms with Crippen molar-refractivity contribution >= 4 is 10.9 Å². The van der Waals surface area contributed by atoms with Crippen LogP contribution >= 0.6 is 0 Å². The SMILES string of the molecule is COc1cc(C2Cn3cc(-c4[nH]c5ccccc5c(=O)c4C)nc3CN2)ccc1F. The van der Waals surface area contributed by atoms with Gasteiger partial charge in [-0.15, -0.1) is 0 Å². The summed E-state index contributed by atoms with van der Waals surface area (Å²) in [7, 11) is 1.46. The molecule has 0 fully saturated rings. The van der Waals surface area contributed by atoms with Gasteiger partial charge in [-0.3, -0.25) is 4.79 Å².